The van der Waals surface area contributed by atoms with Crippen LogP contribution in [0.25, 0.3) is 0 Å². The number of aliphatic imine (C=N–C) groups is 1. The van der Waals surface area contributed by atoms with E-state index in [1.165, 1.54) is 5.56 Å². The Hall–Kier alpha value is -2.04. The van der Waals surface area contributed by atoms with Crippen LogP contribution < -0.4 is 10.6 Å². The number of benzene rings is 2. The first-order valence-corrected chi connectivity index (χ1v) is 9.58. The summed E-state index contributed by atoms with van der Waals surface area (Å²) in [5.74, 6) is 0.853. The zero-order valence-electron chi connectivity index (χ0n) is 15.3. The molecule has 0 radical (unpaired) electrons. The Labute approximate surface area is 161 Å². The topological polar surface area (TPSA) is 39.7 Å². The van der Waals surface area contributed by atoms with Crippen LogP contribution in [-0.2, 0) is 13.1 Å². The zero-order chi connectivity index (χ0) is 18.2. The Kier molecular flexibility index (Phi) is 6.92. The SMILES string of the molecule is CN=C(NCc1cccc(Cl)c1)NC1CCN(Cc2ccccc2)CC1. The molecule has 0 atom stereocenters. The minimum Gasteiger partial charge on any atom is -0.354 e. The van der Waals surface area contributed by atoms with Gasteiger partial charge in [-0.2, -0.15) is 0 Å². The number of rotatable bonds is 5. The minimum absolute atomic E-state index is 0.465. The largest absolute Gasteiger partial charge is 0.354 e. The fourth-order valence-electron chi connectivity index (χ4n) is 3.30. The predicted molar refractivity (Wildman–Crippen MR) is 110 cm³/mol. The standard InChI is InChI=1S/C21H27ClN4/c1-23-21(24-15-18-8-5-9-19(22)14-18)25-20-10-12-26(13-11-20)16-17-6-3-2-4-7-17/h2-9,14,20H,10-13,15-16H2,1H3,(H2,23,24,25). The van der Waals surface area contributed by atoms with E-state index in [-0.39, 0.29) is 0 Å². The molecular weight excluding hydrogens is 344 g/mol. The molecule has 0 saturated carbocycles. The van der Waals surface area contributed by atoms with Gasteiger partial charge in [-0.1, -0.05) is 54.1 Å². The van der Waals surface area contributed by atoms with E-state index in [4.69, 9.17) is 11.6 Å². The van der Waals surface area contributed by atoms with Crippen molar-refractivity contribution in [2.24, 2.45) is 4.99 Å². The second kappa shape index (κ2) is 9.60. The van der Waals surface area contributed by atoms with Gasteiger partial charge in [-0.15, -0.1) is 0 Å². The number of nitrogens with zero attached hydrogens (tertiary/aromatic N) is 2. The number of likely N-dealkylation sites (tertiary alicyclic amines) is 1. The van der Waals surface area contributed by atoms with Gasteiger partial charge in [-0.05, 0) is 36.1 Å². The van der Waals surface area contributed by atoms with Gasteiger partial charge in [0.25, 0.3) is 0 Å². The van der Waals surface area contributed by atoms with E-state index >= 15 is 0 Å². The lowest BCUT2D eigenvalue weighted by Crippen LogP contribution is -2.48. The highest BCUT2D eigenvalue weighted by atomic mass is 35.5. The molecule has 0 unspecified atom stereocenters. The van der Waals surface area contributed by atoms with Crippen LogP contribution in [0, 0.1) is 0 Å². The molecule has 1 fully saturated rings. The van der Waals surface area contributed by atoms with E-state index in [1.54, 1.807) is 0 Å². The number of piperidine rings is 1. The van der Waals surface area contributed by atoms with Crippen molar-refractivity contribution in [3.8, 4) is 0 Å². The second-order valence-corrected chi connectivity index (χ2v) is 7.17. The molecule has 0 aromatic heterocycles. The van der Waals surface area contributed by atoms with Crippen molar-refractivity contribution in [3.05, 3.63) is 70.7 Å². The molecule has 4 nitrogen and oxygen atoms in total. The lowest BCUT2D eigenvalue weighted by molar-refractivity contribution is 0.198. The lowest BCUT2D eigenvalue weighted by atomic mass is 10.0. The van der Waals surface area contributed by atoms with Crippen LogP contribution in [0.15, 0.2) is 59.6 Å². The third kappa shape index (κ3) is 5.75. The molecule has 1 aliphatic heterocycles. The Balaban J connectivity index is 1.42. The van der Waals surface area contributed by atoms with Crippen molar-refractivity contribution in [1.82, 2.24) is 15.5 Å². The predicted octanol–water partition coefficient (Wildman–Crippen LogP) is 3.67. The summed E-state index contributed by atoms with van der Waals surface area (Å²) in [6.07, 6.45) is 2.26. The van der Waals surface area contributed by atoms with Gasteiger partial charge in [-0.3, -0.25) is 9.89 Å². The number of halogens is 1. The molecule has 2 aromatic carbocycles. The van der Waals surface area contributed by atoms with E-state index in [0.717, 1.165) is 49.0 Å². The van der Waals surface area contributed by atoms with Crippen molar-refractivity contribution in [3.63, 3.8) is 0 Å². The van der Waals surface area contributed by atoms with Crippen LogP contribution in [0.5, 0.6) is 0 Å². The molecule has 2 aromatic rings. The van der Waals surface area contributed by atoms with Crippen molar-refractivity contribution in [2.45, 2.75) is 32.0 Å². The van der Waals surface area contributed by atoms with Gasteiger partial charge in [0.2, 0.25) is 0 Å². The fraction of sp³-hybridized carbons (Fsp3) is 0.381. The quantitative estimate of drug-likeness (QED) is 0.623. The van der Waals surface area contributed by atoms with Crippen LogP contribution in [-0.4, -0.2) is 37.0 Å². The number of guanidine groups is 1. The van der Waals surface area contributed by atoms with E-state index in [2.05, 4.69) is 56.9 Å². The molecule has 2 N–H and O–H groups in total. The maximum atomic E-state index is 6.04. The van der Waals surface area contributed by atoms with Gasteiger partial charge < -0.3 is 10.6 Å². The monoisotopic (exact) mass is 370 g/mol. The highest BCUT2D eigenvalue weighted by molar-refractivity contribution is 6.30. The Bertz CT molecular complexity index is 709. The van der Waals surface area contributed by atoms with Crippen LogP contribution in [0.1, 0.15) is 24.0 Å². The first-order chi connectivity index (χ1) is 12.7. The summed E-state index contributed by atoms with van der Waals surface area (Å²) in [4.78, 5) is 6.88. The summed E-state index contributed by atoms with van der Waals surface area (Å²) in [5.41, 5.74) is 2.54. The van der Waals surface area contributed by atoms with Crippen LogP contribution in [0.3, 0.4) is 0 Å². The zero-order valence-corrected chi connectivity index (χ0v) is 16.0. The average Bonchev–Trinajstić information content (AvgIpc) is 2.67. The van der Waals surface area contributed by atoms with Gasteiger partial charge in [-0.25, -0.2) is 0 Å². The van der Waals surface area contributed by atoms with Crippen molar-refractivity contribution in [2.75, 3.05) is 20.1 Å². The number of hydrogen-bond acceptors (Lipinski definition) is 2. The van der Waals surface area contributed by atoms with Gasteiger partial charge in [0, 0.05) is 44.3 Å². The molecule has 3 rings (SSSR count). The smallest absolute Gasteiger partial charge is 0.191 e. The van der Waals surface area contributed by atoms with Crippen LogP contribution in [0.2, 0.25) is 5.02 Å². The number of nitrogens with one attached hydrogen (secondary N) is 2. The van der Waals surface area contributed by atoms with E-state index < -0.39 is 0 Å². The normalized spacial score (nSPS) is 16.5. The summed E-state index contributed by atoms with van der Waals surface area (Å²) in [7, 11) is 1.82. The van der Waals surface area contributed by atoms with Crippen molar-refractivity contribution in [1.29, 1.82) is 0 Å². The van der Waals surface area contributed by atoms with E-state index in [9.17, 15) is 0 Å². The van der Waals surface area contributed by atoms with Crippen molar-refractivity contribution >= 4 is 17.6 Å². The van der Waals surface area contributed by atoms with Gasteiger partial charge >= 0.3 is 0 Å². The average molecular weight is 371 g/mol. The molecule has 0 aliphatic carbocycles. The molecule has 0 amide bonds. The fourth-order valence-corrected chi connectivity index (χ4v) is 3.51. The Morgan fingerprint density at radius 2 is 1.81 bits per heavy atom. The molecular formula is C21H27ClN4. The van der Waals surface area contributed by atoms with Gasteiger partial charge in [0.15, 0.2) is 5.96 Å². The molecule has 0 bridgehead atoms. The molecule has 138 valence electrons. The third-order valence-electron chi connectivity index (χ3n) is 4.75. The van der Waals surface area contributed by atoms with E-state index in [1.807, 2.05) is 25.2 Å². The molecule has 1 aliphatic rings. The summed E-state index contributed by atoms with van der Waals surface area (Å²) in [6.45, 7) is 3.97. The highest BCUT2D eigenvalue weighted by Crippen LogP contribution is 2.14. The molecule has 26 heavy (non-hydrogen) atoms. The van der Waals surface area contributed by atoms with Crippen LogP contribution >= 0.6 is 11.6 Å². The third-order valence-corrected chi connectivity index (χ3v) is 4.99. The minimum atomic E-state index is 0.465. The molecule has 1 heterocycles. The first kappa shape index (κ1) is 18.7. The molecule has 1 saturated heterocycles. The Morgan fingerprint density at radius 3 is 2.50 bits per heavy atom. The highest BCUT2D eigenvalue weighted by Gasteiger charge is 2.19. The van der Waals surface area contributed by atoms with Crippen molar-refractivity contribution < 1.29 is 0 Å². The summed E-state index contributed by atoms with van der Waals surface area (Å²) < 4.78 is 0. The summed E-state index contributed by atoms with van der Waals surface area (Å²) in [6, 6.07) is 19.1. The van der Waals surface area contributed by atoms with Gasteiger partial charge in [0.1, 0.15) is 0 Å². The summed E-state index contributed by atoms with van der Waals surface area (Å²) in [5, 5.41) is 7.69. The first-order valence-electron chi connectivity index (χ1n) is 9.21. The van der Waals surface area contributed by atoms with Crippen LogP contribution in [0.4, 0.5) is 0 Å². The molecule has 0 spiro atoms. The second-order valence-electron chi connectivity index (χ2n) is 6.74. The van der Waals surface area contributed by atoms with Gasteiger partial charge in [0.05, 0.1) is 0 Å². The Morgan fingerprint density at radius 1 is 1.08 bits per heavy atom. The van der Waals surface area contributed by atoms with E-state index in [0.29, 0.717) is 12.6 Å². The maximum absolute atomic E-state index is 6.04. The lowest BCUT2D eigenvalue weighted by Gasteiger charge is -2.33. The summed E-state index contributed by atoms with van der Waals surface area (Å²) >= 11 is 6.04. The number of hydrogen-bond donors (Lipinski definition) is 2. The molecule has 5 heteroatoms. The maximum Gasteiger partial charge on any atom is 0.191 e.